The van der Waals surface area contributed by atoms with Gasteiger partial charge in [-0.25, -0.2) is 0 Å². The standard InChI is InChI=1S/C23H26N4O/c1-18-8-5-6-9-19(18)16-23(28)26-15-7-12-21(26)13-14-22-25-24-17-27(22)20-10-3-2-4-11-20/h2-6,8-11,17,21H,7,12-16H2,1H3. The van der Waals surface area contributed by atoms with Crippen LogP contribution in [0, 0.1) is 6.92 Å². The Morgan fingerprint density at radius 3 is 2.71 bits per heavy atom. The Labute approximate surface area is 166 Å². The van der Waals surface area contributed by atoms with Crippen LogP contribution in [0.5, 0.6) is 0 Å². The van der Waals surface area contributed by atoms with Gasteiger partial charge >= 0.3 is 0 Å². The molecule has 5 heteroatoms. The quantitative estimate of drug-likeness (QED) is 0.660. The Bertz CT molecular complexity index is 935. The van der Waals surface area contributed by atoms with Crippen molar-refractivity contribution in [3.05, 3.63) is 77.9 Å². The molecule has 0 aliphatic carbocycles. The lowest BCUT2D eigenvalue weighted by atomic mass is 10.0. The average Bonchev–Trinajstić information content (AvgIpc) is 3.38. The number of para-hydroxylation sites is 1. The van der Waals surface area contributed by atoms with Crippen LogP contribution in [0.3, 0.4) is 0 Å². The fraction of sp³-hybridized carbons (Fsp3) is 0.348. The summed E-state index contributed by atoms with van der Waals surface area (Å²) >= 11 is 0. The molecule has 28 heavy (non-hydrogen) atoms. The summed E-state index contributed by atoms with van der Waals surface area (Å²) in [6, 6.07) is 18.6. The lowest BCUT2D eigenvalue weighted by Gasteiger charge is -2.25. The Morgan fingerprint density at radius 1 is 1.11 bits per heavy atom. The number of hydrogen-bond acceptors (Lipinski definition) is 3. The van der Waals surface area contributed by atoms with E-state index in [0.29, 0.717) is 6.42 Å². The normalized spacial score (nSPS) is 16.5. The van der Waals surface area contributed by atoms with E-state index < -0.39 is 0 Å². The topological polar surface area (TPSA) is 51.0 Å². The molecule has 0 radical (unpaired) electrons. The summed E-state index contributed by atoms with van der Waals surface area (Å²) in [7, 11) is 0. The first kappa shape index (κ1) is 18.4. The number of nitrogens with zero attached hydrogens (tertiary/aromatic N) is 4. The largest absolute Gasteiger partial charge is 0.339 e. The molecule has 1 aliphatic rings. The molecule has 3 aromatic rings. The number of carbonyl (C=O) groups is 1. The van der Waals surface area contributed by atoms with Gasteiger partial charge < -0.3 is 4.90 Å². The summed E-state index contributed by atoms with van der Waals surface area (Å²) in [6.07, 6.45) is 6.14. The molecule has 1 aliphatic heterocycles. The first-order valence-corrected chi connectivity index (χ1v) is 10.0. The molecule has 2 heterocycles. The number of amides is 1. The number of carbonyl (C=O) groups excluding carboxylic acids is 1. The number of aromatic nitrogens is 3. The second kappa shape index (κ2) is 8.38. The smallest absolute Gasteiger partial charge is 0.227 e. The van der Waals surface area contributed by atoms with Gasteiger partial charge in [-0.05, 0) is 49.4 Å². The molecule has 0 saturated carbocycles. The van der Waals surface area contributed by atoms with Crippen LogP contribution >= 0.6 is 0 Å². The molecule has 1 unspecified atom stereocenters. The molecular formula is C23H26N4O. The highest BCUT2D eigenvalue weighted by atomic mass is 16.2. The fourth-order valence-corrected chi connectivity index (χ4v) is 4.07. The first-order chi connectivity index (χ1) is 13.7. The van der Waals surface area contributed by atoms with Crippen molar-refractivity contribution < 1.29 is 4.79 Å². The molecule has 0 N–H and O–H groups in total. The van der Waals surface area contributed by atoms with E-state index in [4.69, 9.17) is 0 Å². The fourth-order valence-electron chi connectivity index (χ4n) is 4.07. The van der Waals surface area contributed by atoms with Gasteiger partial charge in [-0.2, -0.15) is 0 Å². The summed E-state index contributed by atoms with van der Waals surface area (Å²) < 4.78 is 2.04. The van der Waals surface area contributed by atoms with E-state index in [2.05, 4.69) is 46.3 Å². The van der Waals surface area contributed by atoms with E-state index in [1.165, 1.54) is 5.56 Å². The Balaban J connectivity index is 1.41. The minimum absolute atomic E-state index is 0.237. The first-order valence-electron chi connectivity index (χ1n) is 10.0. The van der Waals surface area contributed by atoms with Crippen molar-refractivity contribution in [1.82, 2.24) is 19.7 Å². The van der Waals surface area contributed by atoms with Crippen molar-refractivity contribution in [3.63, 3.8) is 0 Å². The summed E-state index contributed by atoms with van der Waals surface area (Å²) in [4.78, 5) is 15.0. The zero-order valence-electron chi connectivity index (χ0n) is 16.3. The van der Waals surface area contributed by atoms with E-state index in [0.717, 1.165) is 49.3 Å². The van der Waals surface area contributed by atoms with Crippen LogP contribution < -0.4 is 0 Å². The zero-order chi connectivity index (χ0) is 19.3. The maximum atomic E-state index is 12.9. The van der Waals surface area contributed by atoms with E-state index in [9.17, 15) is 4.79 Å². The van der Waals surface area contributed by atoms with Crippen molar-refractivity contribution in [2.45, 2.75) is 45.1 Å². The highest BCUT2D eigenvalue weighted by molar-refractivity contribution is 5.79. The molecular weight excluding hydrogens is 348 g/mol. The number of likely N-dealkylation sites (tertiary alicyclic amines) is 1. The summed E-state index contributed by atoms with van der Waals surface area (Å²) in [6.45, 7) is 2.93. The van der Waals surface area contributed by atoms with Crippen molar-refractivity contribution in [3.8, 4) is 5.69 Å². The van der Waals surface area contributed by atoms with Crippen LogP contribution in [0.25, 0.3) is 5.69 Å². The Morgan fingerprint density at radius 2 is 1.89 bits per heavy atom. The van der Waals surface area contributed by atoms with Gasteiger partial charge in [0.1, 0.15) is 12.2 Å². The molecule has 1 amide bonds. The van der Waals surface area contributed by atoms with Crippen molar-refractivity contribution in [2.75, 3.05) is 6.54 Å². The van der Waals surface area contributed by atoms with Gasteiger partial charge in [0.25, 0.3) is 0 Å². The van der Waals surface area contributed by atoms with Gasteiger partial charge in [-0.15, -0.1) is 10.2 Å². The van der Waals surface area contributed by atoms with Gasteiger partial charge in [0.2, 0.25) is 5.91 Å². The number of rotatable bonds is 6. The Kier molecular flexibility index (Phi) is 5.51. The van der Waals surface area contributed by atoms with Crippen molar-refractivity contribution >= 4 is 5.91 Å². The van der Waals surface area contributed by atoms with Gasteiger partial charge in [0, 0.05) is 24.7 Å². The number of benzene rings is 2. The molecule has 5 nitrogen and oxygen atoms in total. The van der Waals surface area contributed by atoms with Gasteiger partial charge in [0.05, 0.1) is 6.42 Å². The Hall–Kier alpha value is -2.95. The average molecular weight is 374 g/mol. The molecule has 144 valence electrons. The van der Waals surface area contributed by atoms with Gasteiger partial charge in [-0.3, -0.25) is 9.36 Å². The summed E-state index contributed by atoms with van der Waals surface area (Å²) in [5.41, 5.74) is 3.38. The van der Waals surface area contributed by atoms with Crippen molar-refractivity contribution in [2.24, 2.45) is 0 Å². The highest BCUT2D eigenvalue weighted by Gasteiger charge is 2.29. The maximum absolute atomic E-state index is 12.9. The second-order valence-corrected chi connectivity index (χ2v) is 7.48. The number of hydrogen-bond donors (Lipinski definition) is 0. The third kappa shape index (κ3) is 3.98. The third-order valence-corrected chi connectivity index (χ3v) is 5.65. The molecule has 0 bridgehead atoms. The van der Waals surface area contributed by atoms with Crippen LogP contribution in [0.4, 0.5) is 0 Å². The van der Waals surface area contributed by atoms with Gasteiger partial charge in [-0.1, -0.05) is 42.5 Å². The van der Waals surface area contributed by atoms with Crippen molar-refractivity contribution in [1.29, 1.82) is 0 Å². The minimum Gasteiger partial charge on any atom is -0.339 e. The van der Waals surface area contributed by atoms with Gasteiger partial charge in [0.15, 0.2) is 0 Å². The number of aryl methyl sites for hydroxylation is 2. The third-order valence-electron chi connectivity index (χ3n) is 5.65. The molecule has 2 aromatic carbocycles. The lowest BCUT2D eigenvalue weighted by molar-refractivity contribution is -0.131. The monoisotopic (exact) mass is 374 g/mol. The van der Waals surface area contributed by atoms with E-state index >= 15 is 0 Å². The lowest BCUT2D eigenvalue weighted by Crippen LogP contribution is -2.37. The van der Waals surface area contributed by atoms with Crippen LogP contribution in [-0.2, 0) is 17.6 Å². The predicted molar refractivity (Wildman–Crippen MR) is 109 cm³/mol. The minimum atomic E-state index is 0.237. The van der Waals surface area contributed by atoms with Crippen LogP contribution in [-0.4, -0.2) is 38.2 Å². The van der Waals surface area contributed by atoms with E-state index in [-0.39, 0.29) is 11.9 Å². The molecule has 1 fully saturated rings. The summed E-state index contributed by atoms with van der Waals surface area (Å²) in [5, 5.41) is 8.41. The summed E-state index contributed by atoms with van der Waals surface area (Å²) in [5.74, 6) is 1.19. The zero-order valence-corrected chi connectivity index (χ0v) is 16.3. The van der Waals surface area contributed by atoms with Crippen LogP contribution in [0.2, 0.25) is 0 Å². The molecule has 1 aromatic heterocycles. The molecule has 1 atom stereocenters. The highest BCUT2D eigenvalue weighted by Crippen LogP contribution is 2.23. The molecule has 4 rings (SSSR count). The molecule has 0 spiro atoms. The molecule has 1 saturated heterocycles. The predicted octanol–water partition coefficient (Wildman–Crippen LogP) is 3.74. The van der Waals surface area contributed by atoms with E-state index in [1.54, 1.807) is 6.33 Å². The SMILES string of the molecule is Cc1ccccc1CC(=O)N1CCCC1CCc1nncn1-c1ccccc1. The maximum Gasteiger partial charge on any atom is 0.227 e. The van der Waals surface area contributed by atoms with Crippen LogP contribution in [0.15, 0.2) is 60.9 Å². The van der Waals surface area contributed by atoms with Crippen LogP contribution in [0.1, 0.15) is 36.2 Å². The van der Waals surface area contributed by atoms with E-state index in [1.807, 2.05) is 34.9 Å². The second-order valence-electron chi connectivity index (χ2n) is 7.48.